The summed E-state index contributed by atoms with van der Waals surface area (Å²) in [6, 6.07) is 21.7. The number of hydrogen-bond acceptors (Lipinski definition) is 7. The molecule has 9 nitrogen and oxygen atoms in total. The molecule has 1 heterocycles. The van der Waals surface area contributed by atoms with Gasteiger partial charge in [-0.05, 0) is 72.3 Å². The second-order valence-corrected chi connectivity index (χ2v) is 8.58. The van der Waals surface area contributed by atoms with Gasteiger partial charge in [-0.1, -0.05) is 24.3 Å². The SMILES string of the molecule is COc1cc(/C=C/C(=O)c2ccc(NC(=O)/C(=C/c3ccco3)NC(=O)c3ccccc3)cc2)cc(OC)c1OC. The van der Waals surface area contributed by atoms with Gasteiger partial charge in [-0.3, -0.25) is 14.4 Å². The van der Waals surface area contributed by atoms with Crippen molar-refractivity contribution in [3.05, 3.63) is 119 Å². The van der Waals surface area contributed by atoms with E-state index in [0.29, 0.717) is 45.4 Å². The molecule has 0 spiro atoms. The Balaban J connectivity index is 1.46. The van der Waals surface area contributed by atoms with Crippen LogP contribution in [0, 0.1) is 0 Å². The number of furan rings is 1. The number of amides is 2. The third kappa shape index (κ3) is 7.30. The number of ether oxygens (including phenoxy) is 3. The van der Waals surface area contributed by atoms with Crippen LogP contribution in [-0.2, 0) is 4.79 Å². The summed E-state index contributed by atoms with van der Waals surface area (Å²) in [5.41, 5.74) is 1.91. The van der Waals surface area contributed by atoms with Crippen LogP contribution in [0.1, 0.15) is 32.0 Å². The number of methoxy groups -OCH3 is 3. The first-order chi connectivity index (χ1) is 19.9. The lowest BCUT2D eigenvalue weighted by Gasteiger charge is -2.12. The maximum absolute atomic E-state index is 13.1. The van der Waals surface area contributed by atoms with Crippen LogP contribution in [-0.4, -0.2) is 38.9 Å². The molecule has 2 amide bonds. The Morgan fingerprint density at radius 3 is 2.05 bits per heavy atom. The molecule has 9 heteroatoms. The highest BCUT2D eigenvalue weighted by Crippen LogP contribution is 2.38. The van der Waals surface area contributed by atoms with Crippen LogP contribution in [0.3, 0.4) is 0 Å². The summed E-state index contributed by atoms with van der Waals surface area (Å²) in [7, 11) is 4.55. The fraction of sp³-hybridized carbons (Fsp3) is 0.0938. The smallest absolute Gasteiger partial charge is 0.272 e. The van der Waals surface area contributed by atoms with Crippen LogP contribution in [0.15, 0.2) is 101 Å². The molecule has 208 valence electrons. The van der Waals surface area contributed by atoms with Crippen LogP contribution in [0.4, 0.5) is 5.69 Å². The molecule has 0 aliphatic heterocycles. The molecular formula is C32H28N2O7. The van der Waals surface area contributed by atoms with Gasteiger partial charge in [0.1, 0.15) is 11.5 Å². The fourth-order valence-corrected chi connectivity index (χ4v) is 3.84. The lowest BCUT2D eigenvalue weighted by molar-refractivity contribution is -0.113. The molecule has 2 N–H and O–H groups in total. The Kier molecular flexibility index (Phi) is 9.35. The quantitative estimate of drug-likeness (QED) is 0.184. The van der Waals surface area contributed by atoms with Crippen molar-refractivity contribution in [1.82, 2.24) is 5.32 Å². The van der Waals surface area contributed by atoms with Crippen LogP contribution in [0.5, 0.6) is 17.2 Å². The summed E-state index contributed by atoms with van der Waals surface area (Å²) < 4.78 is 21.3. The molecule has 0 aliphatic carbocycles. The van der Waals surface area contributed by atoms with Gasteiger partial charge in [0.15, 0.2) is 17.3 Å². The number of allylic oxidation sites excluding steroid dienone is 1. The molecule has 0 saturated carbocycles. The molecule has 4 aromatic rings. The molecule has 1 aromatic heterocycles. The first-order valence-electron chi connectivity index (χ1n) is 12.5. The first-order valence-corrected chi connectivity index (χ1v) is 12.5. The highest BCUT2D eigenvalue weighted by molar-refractivity contribution is 6.11. The highest BCUT2D eigenvalue weighted by atomic mass is 16.5. The maximum Gasteiger partial charge on any atom is 0.272 e. The number of rotatable bonds is 11. The van der Waals surface area contributed by atoms with E-state index < -0.39 is 11.8 Å². The molecule has 4 rings (SSSR count). The maximum atomic E-state index is 13.1. The van der Waals surface area contributed by atoms with E-state index in [2.05, 4.69) is 10.6 Å². The highest BCUT2D eigenvalue weighted by Gasteiger charge is 2.16. The number of benzene rings is 3. The van der Waals surface area contributed by atoms with E-state index in [4.69, 9.17) is 18.6 Å². The second-order valence-electron chi connectivity index (χ2n) is 8.58. The third-order valence-electron chi connectivity index (χ3n) is 5.90. The lowest BCUT2D eigenvalue weighted by Crippen LogP contribution is -2.30. The molecule has 41 heavy (non-hydrogen) atoms. The predicted octanol–water partition coefficient (Wildman–Crippen LogP) is 5.61. The zero-order valence-electron chi connectivity index (χ0n) is 22.7. The van der Waals surface area contributed by atoms with E-state index >= 15 is 0 Å². The van der Waals surface area contributed by atoms with Gasteiger partial charge in [-0.15, -0.1) is 0 Å². The van der Waals surface area contributed by atoms with Gasteiger partial charge in [-0.2, -0.15) is 0 Å². The van der Waals surface area contributed by atoms with Gasteiger partial charge in [0.05, 0.1) is 27.6 Å². The Morgan fingerprint density at radius 2 is 1.46 bits per heavy atom. The van der Waals surface area contributed by atoms with E-state index in [1.807, 2.05) is 0 Å². The van der Waals surface area contributed by atoms with E-state index in [1.54, 1.807) is 84.9 Å². The normalized spacial score (nSPS) is 11.1. The summed E-state index contributed by atoms with van der Waals surface area (Å²) in [6.45, 7) is 0. The van der Waals surface area contributed by atoms with Gasteiger partial charge in [-0.25, -0.2) is 0 Å². The molecular weight excluding hydrogens is 524 g/mol. The zero-order valence-corrected chi connectivity index (χ0v) is 22.7. The summed E-state index contributed by atoms with van der Waals surface area (Å²) in [6.07, 6.45) is 5.97. The molecule has 3 aromatic carbocycles. The minimum atomic E-state index is -0.563. The molecule has 0 bridgehead atoms. The van der Waals surface area contributed by atoms with Crippen LogP contribution in [0.25, 0.3) is 12.2 Å². The summed E-state index contributed by atoms with van der Waals surface area (Å²) in [5, 5.41) is 5.38. The Labute approximate surface area is 237 Å². The summed E-state index contributed by atoms with van der Waals surface area (Å²) in [4.78, 5) is 38.6. The number of anilines is 1. The van der Waals surface area contributed by atoms with Gasteiger partial charge >= 0.3 is 0 Å². The van der Waals surface area contributed by atoms with Crippen LogP contribution < -0.4 is 24.8 Å². The molecule has 0 fully saturated rings. The van der Waals surface area contributed by atoms with Crippen LogP contribution in [0.2, 0.25) is 0 Å². The average Bonchev–Trinajstić information content (AvgIpc) is 3.52. The van der Waals surface area contributed by atoms with E-state index in [-0.39, 0.29) is 11.5 Å². The second kappa shape index (κ2) is 13.5. The van der Waals surface area contributed by atoms with E-state index in [1.165, 1.54) is 39.7 Å². The zero-order chi connectivity index (χ0) is 29.2. The van der Waals surface area contributed by atoms with Crippen molar-refractivity contribution in [3.63, 3.8) is 0 Å². The molecule has 0 atom stereocenters. The minimum Gasteiger partial charge on any atom is -0.493 e. The van der Waals surface area contributed by atoms with Crippen molar-refractivity contribution >= 4 is 35.4 Å². The van der Waals surface area contributed by atoms with Crippen molar-refractivity contribution < 1.29 is 33.0 Å². The van der Waals surface area contributed by atoms with Crippen molar-refractivity contribution in [3.8, 4) is 17.2 Å². The van der Waals surface area contributed by atoms with E-state index in [0.717, 1.165) is 0 Å². The fourth-order valence-electron chi connectivity index (χ4n) is 3.84. The minimum absolute atomic E-state index is 0.0118. The predicted molar refractivity (Wildman–Crippen MR) is 155 cm³/mol. The van der Waals surface area contributed by atoms with Crippen molar-refractivity contribution in [2.24, 2.45) is 0 Å². The average molecular weight is 553 g/mol. The number of carbonyl (C=O) groups excluding carboxylic acids is 3. The Bertz CT molecular complexity index is 1550. The molecule has 0 radical (unpaired) electrons. The lowest BCUT2D eigenvalue weighted by atomic mass is 10.1. The molecule has 0 unspecified atom stereocenters. The largest absolute Gasteiger partial charge is 0.493 e. The topological polar surface area (TPSA) is 116 Å². The van der Waals surface area contributed by atoms with Crippen molar-refractivity contribution in [1.29, 1.82) is 0 Å². The van der Waals surface area contributed by atoms with Gasteiger partial charge in [0.2, 0.25) is 5.75 Å². The number of nitrogens with one attached hydrogen (secondary N) is 2. The summed E-state index contributed by atoms with van der Waals surface area (Å²) in [5.74, 6) is 0.538. The van der Waals surface area contributed by atoms with Crippen LogP contribution >= 0.6 is 0 Å². The van der Waals surface area contributed by atoms with Gasteiger partial charge in [0.25, 0.3) is 11.8 Å². The summed E-state index contributed by atoms with van der Waals surface area (Å²) >= 11 is 0. The number of carbonyl (C=O) groups is 3. The van der Waals surface area contributed by atoms with Crippen molar-refractivity contribution in [2.45, 2.75) is 0 Å². The number of hydrogen-bond donors (Lipinski definition) is 2. The van der Waals surface area contributed by atoms with Gasteiger partial charge in [0, 0.05) is 22.9 Å². The van der Waals surface area contributed by atoms with Crippen molar-refractivity contribution in [2.75, 3.05) is 26.6 Å². The number of ketones is 1. The standard InChI is InChI=1S/C32H28N2O7/c1-38-28-18-21(19-29(39-2)30(28)40-3)11-16-27(35)22-12-14-24(15-13-22)33-32(37)26(20-25-10-7-17-41-25)34-31(36)23-8-5-4-6-9-23/h4-20H,1-3H3,(H,33,37)(H,34,36)/b16-11+,26-20-. The molecule has 0 saturated heterocycles. The first kappa shape index (κ1) is 28.4. The van der Waals surface area contributed by atoms with E-state index in [9.17, 15) is 14.4 Å². The molecule has 0 aliphatic rings. The van der Waals surface area contributed by atoms with Gasteiger partial charge < -0.3 is 29.3 Å². The Morgan fingerprint density at radius 1 is 0.780 bits per heavy atom. The third-order valence-corrected chi connectivity index (χ3v) is 5.90. The Hall–Kier alpha value is -5.57. The monoisotopic (exact) mass is 552 g/mol.